The van der Waals surface area contributed by atoms with Crippen molar-refractivity contribution in [1.82, 2.24) is 0 Å². The lowest BCUT2D eigenvalue weighted by Gasteiger charge is -2.15. The van der Waals surface area contributed by atoms with Gasteiger partial charge in [-0.15, -0.1) is 0 Å². The highest BCUT2D eigenvalue weighted by Gasteiger charge is 2.13. The zero-order valence-electron chi connectivity index (χ0n) is 13.1. The Hall–Kier alpha value is -2.49. The van der Waals surface area contributed by atoms with Crippen molar-refractivity contribution in [2.24, 2.45) is 0 Å². The van der Waals surface area contributed by atoms with Gasteiger partial charge in [-0.25, -0.2) is 0 Å². The molecule has 0 fully saturated rings. The minimum atomic E-state index is -0.845. The van der Waals surface area contributed by atoms with Crippen LogP contribution in [0.15, 0.2) is 36.4 Å². The third-order valence-corrected chi connectivity index (χ3v) is 3.64. The van der Waals surface area contributed by atoms with E-state index in [9.17, 15) is 4.79 Å². The highest BCUT2D eigenvalue weighted by Crippen LogP contribution is 2.37. The van der Waals surface area contributed by atoms with Crippen molar-refractivity contribution in [1.29, 1.82) is 0 Å². The van der Waals surface area contributed by atoms with Crippen LogP contribution in [-0.2, 0) is 4.79 Å². The molecule has 0 atom stereocenters. The second kappa shape index (κ2) is 6.98. The minimum absolute atomic E-state index is 0.00726. The van der Waals surface area contributed by atoms with Crippen LogP contribution in [-0.4, -0.2) is 25.3 Å². The van der Waals surface area contributed by atoms with Crippen LogP contribution in [0.2, 0.25) is 0 Å². The Morgan fingerprint density at radius 3 is 2.50 bits per heavy atom. The number of ether oxygens (including phenoxy) is 2. The van der Waals surface area contributed by atoms with Gasteiger partial charge in [0.15, 0.2) is 0 Å². The highest BCUT2D eigenvalue weighted by molar-refractivity contribution is 5.97. The molecule has 0 radical (unpaired) electrons. The Morgan fingerprint density at radius 2 is 1.91 bits per heavy atom. The third-order valence-electron chi connectivity index (χ3n) is 3.64. The molecule has 2 aromatic carbocycles. The Morgan fingerprint density at radius 1 is 1.18 bits per heavy atom. The Bertz CT molecular complexity index is 711. The van der Waals surface area contributed by atoms with Crippen molar-refractivity contribution in [3.8, 4) is 11.5 Å². The fraction of sp³-hybridized carbons (Fsp3) is 0.278. The van der Waals surface area contributed by atoms with Crippen molar-refractivity contribution in [2.75, 3.05) is 14.2 Å². The van der Waals surface area contributed by atoms with Crippen LogP contribution < -0.4 is 9.47 Å². The number of allylic oxidation sites excluding steroid dienone is 1. The largest absolute Gasteiger partial charge is 0.497 e. The lowest BCUT2D eigenvalue weighted by molar-refractivity contribution is -0.135. The normalized spacial score (nSPS) is 11.5. The molecule has 0 saturated heterocycles. The van der Waals surface area contributed by atoms with E-state index in [1.54, 1.807) is 20.3 Å². The van der Waals surface area contributed by atoms with Crippen molar-refractivity contribution < 1.29 is 19.4 Å². The first kappa shape index (κ1) is 15.9. The van der Waals surface area contributed by atoms with E-state index in [0.29, 0.717) is 0 Å². The second-order valence-electron chi connectivity index (χ2n) is 4.91. The summed E-state index contributed by atoms with van der Waals surface area (Å²) in [7, 11) is 3.25. The minimum Gasteiger partial charge on any atom is -0.497 e. The monoisotopic (exact) mass is 300 g/mol. The first-order valence-electron chi connectivity index (χ1n) is 7.16. The number of hydrogen-bond acceptors (Lipinski definition) is 3. The molecule has 0 saturated carbocycles. The van der Waals surface area contributed by atoms with Crippen LogP contribution in [0.5, 0.6) is 11.5 Å². The van der Waals surface area contributed by atoms with Gasteiger partial charge in [0.05, 0.1) is 20.6 Å². The van der Waals surface area contributed by atoms with Crippen molar-refractivity contribution in [2.45, 2.75) is 19.8 Å². The summed E-state index contributed by atoms with van der Waals surface area (Å²) in [6, 6.07) is 9.75. The summed E-state index contributed by atoms with van der Waals surface area (Å²) in [5, 5.41) is 11.0. The molecule has 4 heteroatoms. The van der Waals surface area contributed by atoms with E-state index in [0.717, 1.165) is 39.8 Å². The van der Waals surface area contributed by atoms with E-state index in [2.05, 4.69) is 0 Å². The average Bonchev–Trinajstić information content (AvgIpc) is 2.54. The molecule has 0 amide bonds. The molecule has 116 valence electrons. The van der Waals surface area contributed by atoms with Crippen LogP contribution >= 0.6 is 0 Å². The Balaban J connectivity index is 2.71. The van der Waals surface area contributed by atoms with Crippen LogP contribution in [0.25, 0.3) is 16.3 Å². The van der Waals surface area contributed by atoms with Crippen molar-refractivity contribution >= 4 is 22.3 Å². The number of carbonyl (C=O) groups is 1. The quantitative estimate of drug-likeness (QED) is 0.871. The summed E-state index contributed by atoms with van der Waals surface area (Å²) in [5.74, 6) is 0.651. The molecule has 0 aliphatic carbocycles. The standard InChI is InChI=1S/C18H20O4/c1-4-12(7-10-17(19)20)18-15-11-14(21-2)8-5-13(15)6-9-16(18)22-3/h5-9,11H,4,10H2,1-3H3,(H,19,20). The number of methoxy groups -OCH3 is 2. The van der Waals surface area contributed by atoms with Crippen LogP contribution in [0, 0.1) is 0 Å². The van der Waals surface area contributed by atoms with Crippen molar-refractivity contribution in [3.05, 3.63) is 42.0 Å². The molecule has 0 spiro atoms. The lowest BCUT2D eigenvalue weighted by atomic mass is 9.94. The molecule has 2 rings (SSSR count). The maximum absolute atomic E-state index is 10.9. The van der Waals surface area contributed by atoms with Gasteiger partial charge in [0.25, 0.3) is 0 Å². The van der Waals surface area contributed by atoms with Crippen molar-refractivity contribution in [3.63, 3.8) is 0 Å². The SMILES string of the molecule is CCC(=CCC(=O)O)c1c(OC)ccc2ccc(OC)cc12. The molecule has 22 heavy (non-hydrogen) atoms. The molecule has 0 unspecified atom stereocenters. The topological polar surface area (TPSA) is 55.8 Å². The number of rotatable bonds is 6. The molecule has 0 aliphatic heterocycles. The van der Waals surface area contributed by atoms with E-state index in [4.69, 9.17) is 14.6 Å². The zero-order chi connectivity index (χ0) is 16.1. The highest BCUT2D eigenvalue weighted by atomic mass is 16.5. The van der Waals surface area contributed by atoms with Gasteiger partial charge in [0.2, 0.25) is 0 Å². The van der Waals surface area contributed by atoms with E-state index in [1.165, 1.54) is 0 Å². The molecule has 0 aliphatic rings. The summed E-state index contributed by atoms with van der Waals surface area (Å²) < 4.78 is 10.8. The zero-order valence-corrected chi connectivity index (χ0v) is 13.1. The maximum Gasteiger partial charge on any atom is 0.307 e. The molecular formula is C18H20O4. The molecule has 0 heterocycles. The van der Waals surface area contributed by atoms with Gasteiger partial charge in [0.1, 0.15) is 11.5 Å². The molecule has 2 aromatic rings. The van der Waals surface area contributed by atoms with E-state index >= 15 is 0 Å². The van der Waals surface area contributed by atoms with Gasteiger partial charge in [-0.3, -0.25) is 4.79 Å². The fourth-order valence-corrected chi connectivity index (χ4v) is 2.54. The maximum atomic E-state index is 10.9. The van der Waals surface area contributed by atoms with E-state index in [-0.39, 0.29) is 6.42 Å². The number of carboxylic acid groups (broad SMARTS) is 1. The fourth-order valence-electron chi connectivity index (χ4n) is 2.54. The van der Waals surface area contributed by atoms with Gasteiger partial charge in [0, 0.05) is 5.56 Å². The van der Waals surface area contributed by atoms with E-state index in [1.807, 2.05) is 37.3 Å². The number of benzene rings is 2. The molecular weight excluding hydrogens is 280 g/mol. The van der Waals surface area contributed by atoms with Gasteiger partial charge in [-0.05, 0) is 41.0 Å². The molecule has 0 bridgehead atoms. The van der Waals surface area contributed by atoms with Crippen LogP contribution in [0.1, 0.15) is 25.3 Å². The summed E-state index contributed by atoms with van der Waals surface area (Å²) in [6.07, 6.45) is 2.46. The summed E-state index contributed by atoms with van der Waals surface area (Å²) in [5.41, 5.74) is 1.89. The Labute approximate surface area is 130 Å². The van der Waals surface area contributed by atoms with Gasteiger partial charge >= 0.3 is 5.97 Å². The molecule has 0 aromatic heterocycles. The van der Waals surface area contributed by atoms with Gasteiger partial charge in [-0.2, -0.15) is 0 Å². The summed E-state index contributed by atoms with van der Waals surface area (Å²) >= 11 is 0. The van der Waals surface area contributed by atoms with Crippen LogP contribution in [0.4, 0.5) is 0 Å². The number of carboxylic acids is 1. The summed E-state index contributed by atoms with van der Waals surface area (Å²) in [4.78, 5) is 10.9. The number of fused-ring (bicyclic) bond motifs is 1. The third kappa shape index (κ3) is 3.22. The lowest BCUT2D eigenvalue weighted by Crippen LogP contribution is -1.96. The van der Waals surface area contributed by atoms with Gasteiger partial charge < -0.3 is 14.6 Å². The Kier molecular flexibility index (Phi) is 5.04. The number of hydrogen-bond donors (Lipinski definition) is 1. The predicted octanol–water partition coefficient (Wildman–Crippen LogP) is 4.13. The first-order chi connectivity index (χ1) is 10.6. The van der Waals surface area contributed by atoms with E-state index < -0.39 is 5.97 Å². The van der Waals surface area contributed by atoms with Crippen LogP contribution in [0.3, 0.4) is 0 Å². The number of aliphatic carboxylic acids is 1. The summed E-state index contributed by atoms with van der Waals surface area (Å²) in [6.45, 7) is 2.01. The van der Waals surface area contributed by atoms with Gasteiger partial charge in [-0.1, -0.05) is 25.1 Å². The molecule has 1 N–H and O–H groups in total. The molecule has 4 nitrogen and oxygen atoms in total. The first-order valence-corrected chi connectivity index (χ1v) is 7.16. The predicted molar refractivity (Wildman–Crippen MR) is 87.6 cm³/mol. The second-order valence-corrected chi connectivity index (χ2v) is 4.91. The smallest absolute Gasteiger partial charge is 0.307 e. The average molecular weight is 300 g/mol.